The van der Waals surface area contributed by atoms with Gasteiger partial charge in [-0.1, -0.05) is 23.7 Å². The Morgan fingerprint density at radius 2 is 2.00 bits per heavy atom. The van der Waals surface area contributed by atoms with E-state index in [1.54, 1.807) is 41.1 Å². The summed E-state index contributed by atoms with van der Waals surface area (Å²) in [6.07, 6.45) is 3.30. The maximum Gasteiger partial charge on any atom is 0.337 e. The van der Waals surface area contributed by atoms with Gasteiger partial charge in [-0.25, -0.2) is 9.78 Å². The van der Waals surface area contributed by atoms with Crippen LogP contribution in [0.25, 0.3) is 17.0 Å². The van der Waals surface area contributed by atoms with Gasteiger partial charge in [-0.3, -0.25) is 4.40 Å². The molecule has 0 atom stereocenters. The Labute approximate surface area is 119 Å². The number of esters is 1. The predicted molar refractivity (Wildman–Crippen MR) is 72.6 cm³/mol. The Morgan fingerprint density at radius 3 is 2.70 bits per heavy atom. The van der Waals surface area contributed by atoms with Crippen molar-refractivity contribution in [3.8, 4) is 11.4 Å². The molecule has 6 nitrogen and oxygen atoms in total. The van der Waals surface area contributed by atoms with Crippen LogP contribution in [0, 0.1) is 0 Å². The normalized spacial score (nSPS) is 10.7. The van der Waals surface area contributed by atoms with Gasteiger partial charge in [-0.05, 0) is 12.1 Å². The second kappa shape index (κ2) is 4.90. The van der Waals surface area contributed by atoms with Crippen molar-refractivity contribution in [3.05, 3.63) is 47.4 Å². The lowest BCUT2D eigenvalue weighted by Gasteiger charge is -2.02. The first-order chi connectivity index (χ1) is 9.70. The smallest absolute Gasteiger partial charge is 0.337 e. The van der Waals surface area contributed by atoms with Crippen LogP contribution in [0.2, 0.25) is 5.15 Å². The molecule has 0 saturated carbocycles. The number of rotatable bonds is 2. The quantitative estimate of drug-likeness (QED) is 0.676. The van der Waals surface area contributed by atoms with Crippen LogP contribution in [-0.2, 0) is 4.74 Å². The van der Waals surface area contributed by atoms with Crippen LogP contribution in [0.5, 0.6) is 0 Å². The molecule has 0 bridgehead atoms. The maximum atomic E-state index is 11.4. The average molecular weight is 289 g/mol. The fourth-order valence-corrected chi connectivity index (χ4v) is 2.05. The summed E-state index contributed by atoms with van der Waals surface area (Å²) < 4.78 is 6.39. The van der Waals surface area contributed by atoms with Crippen LogP contribution in [0.4, 0.5) is 0 Å². The number of methoxy groups -OCH3 is 1. The molecular weight excluding hydrogens is 280 g/mol. The van der Waals surface area contributed by atoms with Gasteiger partial charge in [0.15, 0.2) is 16.6 Å². The van der Waals surface area contributed by atoms with E-state index in [1.165, 1.54) is 7.11 Å². The molecule has 100 valence electrons. The van der Waals surface area contributed by atoms with Crippen molar-refractivity contribution in [1.29, 1.82) is 0 Å². The van der Waals surface area contributed by atoms with Crippen molar-refractivity contribution < 1.29 is 9.53 Å². The van der Waals surface area contributed by atoms with E-state index in [2.05, 4.69) is 19.9 Å². The van der Waals surface area contributed by atoms with E-state index in [0.717, 1.165) is 5.56 Å². The highest BCUT2D eigenvalue weighted by Gasteiger charge is 2.12. The highest BCUT2D eigenvalue weighted by Crippen LogP contribution is 2.21. The monoisotopic (exact) mass is 288 g/mol. The molecule has 0 fully saturated rings. The Balaban J connectivity index is 2.07. The van der Waals surface area contributed by atoms with Crippen LogP contribution in [-0.4, -0.2) is 32.7 Å². The average Bonchev–Trinajstić information content (AvgIpc) is 2.92. The van der Waals surface area contributed by atoms with Gasteiger partial charge in [0, 0.05) is 18.0 Å². The number of ether oxygens (including phenoxy) is 1. The molecule has 1 aromatic carbocycles. The van der Waals surface area contributed by atoms with Gasteiger partial charge < -0.3 is 4.74 Å². The Kier molecular flexibility index (Phi) is 3.08. The van der Waals surface area contributed by atoms with Crippen LogP contribution in [0.15, 0.2) is 36.7 Å². The van der Waals surface area contributed by atoms with Gasteiger partial charge in [-0.2, -0.15) is 0 Å². The van der Waals surface area contributed by atoms with Gasteiger partial charge in [0.1, 0.15) is 0 Å². The third kappa shape index (κ3) is 2.00. The lowest BCUT2D eigenvalue weighted by atomic mass is 10.1. The molecule has 0 radical (unpaired) electrons. The minimum absolute atomic E-state index is 0.289. The molecule has 0 aliphatic heterocycles. The minimum atomic E-state index is -0.380. The highest BCUT2D eigenvalue weighted by molar-refractivity contribution is 6.32. The molecule has 0 aliphatic carbocycles. The van der Waals surface area contributed by atoms with Crippen LogP contribution in [0.3, 0.4) is 0 Å². The molecule has 7 heteroatoms. The molecule has 0 saturated heterocycles. The van der Waals surface area contributed by atoms with Crippen molar-refractivity contribution in [2.24, 2.45) is 0 Å². The second-order valence-electron chi connectivity index (χ2n) is 4.00. The summed E-state index contributed by atoms with van der Waals surface area (Å²) in [5.41, 5.74) is 1.78. The van der Waals surface area contributed by atoms with E-state index < -0.39 is 0 Å². The zero-order chi connectivity index (χ0) is 14.1. The molecule has 0 unspecified atom stereocenters. The van der Waals surface area contributed by atoms with Crippen molar-refractivity contribution in [2.75, 3.05) is 7.11 Å². The summed E-state index contributed by atoms with van der Waals surface area (Å²) in [4.78, 5) is 15.3. The Hall–Kier alpha value is -2.47. The summed E-state index contributed by atoms with van der Waals surface area (Å²) in [5, 5.41) is 8.38. The lowest BCUT2D eigenvalue weighted by molar-refractivity contribution is 0.0601. The van der Waals surface area contributed by atoms with E-state index in [1.807, 2.05) is 0 Å². The number of aromatic nitrogens is 4. The number of carbonyl (C=O) groups is 1. The second-order valence-corrected chi connectivity index (χ2v) is 4.36. The van der Waals surface area contributed by atoms with Gasteiger partial charge in [0.2, 0.25) is 0 Å². The molecule has 3 aromatic rings. The highest BCUT2D eigenvalue weighted by atomic mass is 35.5. The van der Waals surface area contributed by atoms with Crippen LogP contribution >= 0.6 is 11.6 Å². The molecule has 0 aliphatic rings. The predicted octanol–water partition coefficient (Wildman–Crippen LogP) is 2.23. The molecule has 0 N–H and O–H groups in total. The topological polar surface area (TPSA) is 69.4 Å². The Bertz CT molecular complexity index is 783. The fraction of sp³-hybridized carbons (Fsp3) is 0.0769. The van der Waals surface area contributed by atoms with Crippen LogP contribution in [0.1, 0.15) is 10.4 Å². The molecular formula is C13H9ClN4O2. The molecule has 3 rings (SSSR count). The third-order valence-electron chi connectivity index (χ3n) is 2.85. The van der Waals surface area contributed by atoms with Crippen molar-refractivity contribution in [3.63, 3.8) is 0 Å². The summed E-state index contributed by atoms with van der Waals surface area (Å²) in [6, 6.07) is 6.89. The molecule has 2 aromatic heterocycles. The van der Waals surface area contributed by atoms with E-state index in [4.69, 9.17) is 11.6 Å². The maximum absolute atomic E-state index is 11.4. The first-order valence-electron chi connectivity index (χ1n) is 5.74. The summed E-state index contributed by atoms with van der Waals surface area (Å²) in [6.45, 7) is 0. The Morgan fingerprint density at radius 1 is 1.25 bits per heavy atom. The molecule has 2 heterocycles. The zero-order valence-electron chi connectivity index (χ0n) is 10.4. The standard InChI is InChI=1S/C13H9ClN4O2/c1-20-13(19)9-4-2-8(3-5-9)11-16-17-12-10(14)15-6-7-18(11)12/h2-7H,1H3. The zero-order valence-corrected chi connectivity index (χ0v) is 11.2. The molecule has 0 spiro atoms. The third-order valence-corrected chi connectivity index (χ3v) is 3.11. The van der Waals surface area contributed by atoms with Gasteiger partial charge >= 0.3 is 5.97 Å². The lowest BCUT2D eigenvalue weighted by Crippen LogP contribution is -2.00. The number of fused-ring (bicyclic) bond motifs is 1. The van der Waals surface area contributed by atoms with Crippen molar-refractivity contribution in [1.82, 2.24) is 19.6 Å². The number of hydrogen-bond donors (Lipinski definition) is 0. The largest absolute Gasteiger partial charge is 0.465 e. The summed E-state index contributed by atoms with van der Waals surface area (Å²) in [5.74, 6) is 0.246. The first-order valence-corrected chi connectivity index (χ1v) is 6.12. The van der Waals surface area contributed by atoms with Gasteiger partial charge in [-0.15, -0.1) is 10.2 Å². The number of nitrogens with zero attached hydrogens (tertiary/aromatic N) is 4. The summed E-state index contributed by atoms with van der Waals surface area (Å²) in [7, 11) is 1.34. The number of benzene rings is 1. The summed E-state index contributed by atoms with van der Waals surface area (Å²) >= 11 is 5.95. The van der Waals surface area contributed by atoms with Crippen LogP contribution < -0.4 is 0 Å². The fourth-order valence-electron chi connectivity index (χ4n) is 1.87. The minimum Gasteiger partial charge on any atom is -0.465 e. The molecule has 0 amide bonds. The van der Waals surface area contributed by atoms with E-state index in [9.17, 15) is 4.79 Å². The van der Waals surface area contributed by atoms with Gasteiger partial charge in [0.05, 0.1) is 12.7 Å². The van der Waals surface area contributed by atoms with E-state index in [0.29, 0.717) is 17.0 Å². The van der Waals surface area contributed by atoms with E-state index >= 15 is 0 Å². The van der Waals surface area contributed by atoms with Crippen molar-refractivity contribution >= 4 is 23.2 Å². The number of hydrogen-bond acceptors (Lipinski definition) is 5. The first kappa shape index (κ1) is 12.6. The SMILES string of the molecule is COC(=O)c1ccc(-c2nnc3c(Cl)nccn23)cc1. The number of carbonyl (C=O) groups excluding carboxylic acids is 1. The molecule has 20 heavy (non-hydrogen) atoms. The van der Waals surface area contributed by atoms with E-state index in [-0.39, 0.29) is 11.1 Å². The van der Waals surface area contributed by atoms with Gasteiger partial charge in [0.25, 0.3) is 0 Å². The van der Waals surface area contributed by atoms with Crippen molar-refractivity contribution in [2.45, 2.75) is 0 Å². The number of halogens is 1.